The van der Waals surface area contributed by atoms with Crippen LogP contribution in [-0.4, -0.2) is 51.6 Å². The van der Waals surface area contributed by atoms with Crippen LogP contribution >= 0.6 is 24.8 Å². The van der Waals surface area contributed by atoms with Crippen LogP contribution in [0.2, 0.25) is 0 Å². The Morgan fingerprint density at radius 3 is 2.50 bits per heavy atom. The molecule has 2 aromatic rings. The van der Waals surface area contributed by atoms with Crippen molar-refractivity contribution in [2.24, 2.45) is 24.1 Å². The molecule has 7 nitrogen and oxygen atoms in total. The number of para-hydroxylation sites is 1. The first kappa shape index (κ1) is 28.0. The van der Waals surface area contributed by atoms with Crippen LogP contribution in [0.3, 0.4) is 0 Å². The van der Waals surface area contributed by atoms with E-state index in [1.807, 2.05) is 70.2 Å². The summed E-state index contributed by atoms with van der Waals surface area (Å²) < 4.78 is 7.62. The SMILES string of the molecule is CC1N(COC(=O)C(N)C(C)(C)C)C=CN1CC1CCc2c(c3ccccc3n2C)C1=O.Cl.Cl. The number of fused-ring (bicyclic) bond motifs is 3. The van der Waals surface area contributed by atoms with E-state index in [1.165, 1.54) is 0 Å². The van der Waals surface area contributed by atoms with Gasteiger partial charge in [0, 0.05) is 54.1 Å². The van der Waals surface area contributed by atoms with Gasteiger partial charge in [-0.2, -0.15) is 0 Å². The van der Waals surface area contributed by atoms with E-state index in [0.717, 1.165) is 35.0 Å². The largest absolute Gasteiger partial charge is 0.443 e. The average molecular weight is 511 g/mol. The second kappa shape index (κ2) is 10.6. The summed E-state index contributed by atoms with van der Waals surface area (Å²) in [5, 5.41) is 1.05. The smallest absolute Gasteiger partial charge is 0.325 e. The number of nitrogens with zero attached hydrogens (tertiary/aromatic N) is 3. The number of Topliss-reactive ketones (excluding diaryl/α,β-unsaturated/α-hetero) is 1. The van der Waals surface area contributed by atoms with Crippen molar-refractivity contribution in [1.82, 2.24) is 14.4 Å². The molecule has 1 aliphatic heterocycles. The maximum Gasteiger partial charge on any atom is 0.325 e. The number of hydrogen-bond acceptors (Lipinski definition) is 6. The Balaban J connectivity index is 0.00000204. The summed E-state index contributed by atoms with van der Waals surface area (Å²) in [6.07, 6.45) is 5.62. The lowest BCUT2D eigenvalue weighted by molar-refractivity contribution is -0.152. The third-order valence-corrected chi connectivity index (χ3v) is 6.96. The number of nitrogens with two attached hydrogens (primary N) is 1. The highest BCUT2D eigenvalue weighted by molar-refractivity contribution is 6.11. The van der Waals surface area contributed by atoms with E-state index in [-0.39, 0.29) is 54.8 Å². The van der Waals surface area contributed by atoms with Gasteiger partial charge in [-0.1, -0.05) is 39.0 Å². The third kappa shape index (κ3) is 5.07. The molecule has 188 valence electrons. The van der Waals surface area contributed by atoms with Gasteiger partial charge in [-0.3, -0.25) is 9.59 Å². The van der Waals surface area contributed by atoms with Crippen LogP contribution in [0.5, 0.6) is 0 Å². The number of benzene rings is 1. The van der Waals surface area contributed by atoms with E-state index >= 15 is 0 Å². The van der Waals surface area contributed by atoms with Gasteiger partial charge in [0.25, 0.3) is 0 Å². The fraction of sp³-hybridized carbons (Fsp3) is 0.520. The summed E-state index contributed by atoms with van der Waals surface area (Å²) >= 11 is 0. The number of aryl methyl sites for hydroxylation is 1. The van der Waals surface area contributed by atoms with E-state index < -0.39 is 12.0 Å². The lowest BCUT2D eigenvalue weighted by Crippen LogP contribution is -2.46. The van der Waals surface area contributed by atoms with Crippen LogP contribution < -0.4 is 5.73 Å². The van der Waals surface area contributed by atoms with Crippen LogP contribution in [-0.2, 0) is 23.0 Å². The summed E-state index contributed by atoms with van der Waals surface area (Å²) in [6.45, 7) is 8.59. The maximum atomic E-state index is 13.4. The molecule has 34 heavy (non-hydrogen) atoms. The van der Waals surface area contributed by atoms with Gasteiger partial charge in [0.2, 0.25) is 0 Å². The third-order valence-electron chi connectivity index (χ3n) is 6.96. The number of carbonyl (C=O) groups excluding carboxylic acids is 2. The molecular weight excluding hydrogens is 475 g/mol. The fourth-order valence-electron chi connectivity index (χ4n) is 4.65. The number of ether oxygens (including phenoxy) is 1. The Hall–Kier alpha value is -2.22. The summed E-state index contributed by atoms with van der Waals surface area (Å²) in [4.78, 5) is 29.8. The number of carbonyl (C=O) groups is 2. The first-order valence-corrected chi connectivity index (χ1v) is 11.3. The van der Waals surface area contributed by atoms with Crippen LogP contribution in [0.4, 0.5) is 0 Å². The quantitative estimate of drug-likeness (QED) is 0.610. The first-order chi connectivity index (χ1) is 15.1. The normalized spacial score (nSPS) is 20.6. The lowest BCUT2D eigenvalue weighted by Gasteiger charge is -2.33. The Morgan fingerprint density at radius 1 is 1.18 bits per heavy atom. The molecule has 0 bridgehead atoms. The van der Waals surface area contributed by atoms with Gasteiger partial charge in [-0.05, 0) is 31.2 Å². The topological polar surface area (TPSA) is 80.8 Å². The standard InChI is InChI=1S/C25H34N4O3.2ClH/c1-16-28(12-13-29(16)15-32-24(31)23(26)25(2,3)4)14-17-10-11-20-21(22(17)30)18-8-6-7-9-19(18)27(20)5;;/h6-9,12-13,16-17,23H,10-11,14-15,26H2,1-5H3;2*1H. The van der Waals surface area contributed by atoms with Gasteiger partial charge >= 0.3 is 5.97 Å². The molecule has 0 amide bonds. The molecule has 0 saturated heterocycles. The zero-order chi connectivity index (χ0) is 23.2. The molecular formula is C25H36Cl2N4O3. The molecule has 0 spiro atoms. The second-order valence-electron chi connectivity index (χ2n) is 10.1. The van der Waals surface area contributed by atoms with Crippen molar-refractivity contribution in [1.29, 1.82) is 0 Å². The predicted octanol–water partition coefficient (Wildman–Crippen LogP) is 4.08. The van der Waals surface area contributed by atoms with E-state index in [4.69, 9.17) is 10.5 Å². The van der Waals surface area contributed by atoms with Gasteiger partial charge in [0.05, 0.1) is 0 Å². The van der Waals surface area contributed by atoms with Gasteiger partial charge in [0.15, 0.2) is 12.5 Å². The number of ketones is 1. The average Bonchev–Trinajstić information content (AvgIpc) is 3.25. The van der Waals surface area contributed by atoms with Crippen molar-refractivity contribution in [3.8, 4) is 0 Å². The van der Waals surface area contributed by atoms with Crippen molar-refractivity contribution in [2.45, 2.75) is 52.7 Å². The highest BCUT2D eigenvalue weighted by Gasteiger charge is 2.35. The first-order valence-electron chi connectivity index (χ1n) is 11.3. The minimum atomic E-state index is -0.671. The number of rotatable bonds is 5. The van der Waals surface area contributed by atoms with E-state index in [9.17, 15) is 9.59 Å². The number of esters is 1. The molecule has 2 aliphatic rings. The molecule has 0 radical (unpaired) electrons. The number of hydrogen-bond donors (Lipinski definition) is 1. The fourth-order valence-corrected chi connectivity index (χ4v) is 4.65. The van der Waals surface area contributed by atoms with Gasteiger partial charge < -0.3 is 24.8 Å². The molecule has 0 fully saturated rings. The second-order valence-corrected chi connectivity index (χ2v) is 10.1. The maximum absolute atomic E-state index is 13.4. The molecule has 0 saturated carbocycles. The Morgan fingerprint density at radius 2 is 1.82 bits per heavy atom. The summed E-state index contributed by atoms with van der Waals surface area (Å²) in [5.74, 6) is -0.232. The highest BCUT2D eigenvalue weighted by atomic mass is 35.5. The molecule has 4 rings (SSSR count). The van der Waals surface area contributed by atoms with Crippen LogP contribution in [0.15, 0.2) is 36.7 Å². The van der Waals surface area contributed by atoms with Crippen LogP contribution in [0.1, 0.15) is 50.2 Å². The molecule has 2 N–H and O–H groups in total. The van der Waals surface area contributed by atoms with Gasteiger partial charge in [-0.25, -0.2) is 0 Å². The van der Waals surface area contributed by atoms with E-state index in [2.05, 4.69) is 15.5 Å². The molecule has 3 unspecified atom stereocenters. The van der Waals surface area contributed by atoms with Gasteiger partial charge in [-0.15, -0.1) is 24.8 Å². The molecule has 1 aromatic heterocycles. The number of halogens is 2. The predicted molar refractivity (Wildman–Crippen MR) is 139 cm³/mol. The zero-order valence-electron chi connectivity index (χ0n) is 20.5. The lowest BCUT2D eigenvalue weighted by atomic mass is 9.84. The van der Waals surface area contributed by atoms with Crippen molar-refractivity contribution < 1.29 is 14.3 Å². The molecule has 2 heterocycles. The molecule has 9 heteroatoms. The summed E-state index contributed by atoms with van der Waals surface area (Å²) in [6, 6.07) is 7.46. The monoisotopic (exact) mass is 510 g/mol. The van der Waals surface area contributed by atoms with E-state index in [1.54, 1.807) is 0 Å². The molecule has 3 atom stereocenters. The zero-order valence-corrected chi connectivity index (χ0v) is 22.1. The van der Waals surface area contributed by atoms with Crippen molar-refractivity contribution >= 4 is 47.5 Å². The minimum Gasteiger partial charge on any atom is -0.443 e. The molecule has 1 aliphatic carbocycles. The summed E-state index contributed by atoms with van der Waals surface area (Å²) in [5.41, 5.74) is 8.79. The molecule has 1 aromatic carbocycles. The Labute approximate surface area is 214 Å². The van der Waals surface area contributed by atoms with Gasteiger partial charge in [0.1, 0.15) is 12.2 Å². The van der Waals surface area contributed by atoms with Crippen molar-refractivity contribution in [3.05, 3.63) is 47.9 Å². The van der Waals surface area contributed by atoms with Crippen molar-refractivity contribution in [3.63, 3.8) is 0 Å². The van der Waals surface area contributed by atoms with Crippen molar-refractivity contribution in [2.75, 3.05) is 13.3 Å². The summed E-state index contributed by atoms with van der Waals surface area (Å²) in [7, 11) is 2.05. The Bertz CT molecular complexity index is 1080. The minimum absolute atomic E-state index is 0. The Kier molecular flexibility index (Phi) is 8.72. The van der Waals surface area contributed by atoms with E-state index in [0.29, 0.717) is 6.54 Å². The number of aromatic nitrogens is 1. The van der Waals surface area contributed by atoms with Crippen LogP contribution in [0.25, 0.3) is 10.9 Å². The highest BCUT2D eigenvalue weighted by Crippen LogP contribution is 2.34. The van der Waals surface area contributed by atoms with Crippen LogP contribution in [0, 0.1) is 11.3 Å².